The first-order chi connectivity index (χ1) is 11.8. The van der Waals surface area contributed by atoms with Gasteiger partial charge in [-0.15, -0.1) is 0 Å². The van der Waals surface area contributed by atoms with Crippen LogP contribution in [0.15, 0.2) is 0 Å². The Kier molecular flexibility index (Phi) is 7.25. The van der Waals surface area contributed by atoms with Crippen LogP contribution in [0.2, 0.25) is 0 Å². The minimum atomic E-state index is -3.22. The lowest BCUT2D eigenvalue weighted by atomic mass is 9.86. The van der Waals surface area contributed by atoms with E-state index in [1.54, 1.807) is 6.92 Å². The number of carbonyl (C=O) groups excluding carboxylic acids is 1. The Labute approximate surface area is 150 Å². The van der Waals surface area contributed by atoms with Crippen LogP contribution in [0.25, 0.3) is 0 Å². The van der Waals surface area contributed by atoms with Crippen molar-refractivity contribution in [3.05, 3.63) is 0 Å². The number of carboxylic acid groups (broad SMARTS) is 1. The second-order valence-corrected chi connectivity index (χ2v) is 9.41. The molecule has 0 aromatic rings. The summed E-state index contributed by atoms with van der Waals surface area (Å²) in [5.41, 5.74) is 0. The number of nitrogens with zero attached hydrogens (tertiary/aromatic N) is 2. The minimum Gasteiger partial charge on any atom is -0.480 e. The van der Waals surface area contributed by atoms with Gasteiger partial charge in [-0.1, -0.05) is 19.3 Å². The molecule has 1 aliphatic heterocycles. The highest BCUT2D eigenvalue weighted by Gasteiger charge is 2.33. The van der Waals surface area contributed by atoms with Gasteiger partial charge in [-0.25, -0.2) is 12.7 Å². The van der Waals surface area contributed by atoms with Crippen molar-refractivity contribution in [3.8, 4) is 0 Å². The zero-order chi connectivity index (χ0) is 18.4. The molecule has 2 fully saturated rings. The Morgan fingerprint density at radius 3 is 2.20 bits per heavy atom. The van der Waals surface area contributed by atoms with Gasteiger partial charge in [-0.05, 0) is 38.5 Å². The van der Waals surface area contributed by atoms with E-state index in [-0.39, 0.29) is 24.2 Å². The smallest absolute Gasteiger partial charge is 0.323 e. The lowest BCUT2D eigenvalue weighted by molar-refractivity contribution is -0.147. The van der Waals surface area contributed by atoms with Gasteiger partial charge in [0.25, 0.3) is 0 Å². The van der Waals surface area contributed by atoms with Crippen LogP contribution in [0.5, 0.6) is 0 Å². The van der Waals surface area contributed by atoms with Crippen LogP contribution in [-0.2, 0) is 19.6 Å². The zero-order valence-corrected chi connectivity index (χ0v) is 15.8. The maximum Gasteiger partial charge on any atom is 0.323 e. The summed E-state index contributed by atoms with van der Waals surface area (Å²) in [4.78, 5) is 25.4. The van der Waals surface area contributed by atoms with E-state index >= 15 is 0 Å². The SMILES string of the molecule is CCS(=O)(=O)N1CCC(N(CC(=O)O)C(=O)CC2CCCCC2)CC1. The third-order valence-electron chi connectivity index (χ3n) is 5.44. The Balaban J connectivity index is 1.97. The second kappa shape index (κ2) is 8.98. The van der Waals surface area contributed by atoms with Gasteiger partial charge in [0.1, 0.15) is 6.54 Å². The van der Waals surface area contributed by atoms with Crippen LogP contribution in [0.1, 0.15) is 58.3 Å². The van der Waals surface area contributed by atoms with Gasteiger partial charge in [0.05, 0.1) is 5.75 Å². The van der Waals surface area contributed by atoms with Crippen LogP contribution in [0.3, 0.4) is 0 Å². The van der Waals surface area contributed by atoms with Crippen LogP contribution >= 0.6 is 0 Å². The van der Waals surface area contributed by atoms with Crippen molar-refractivity contribution in [2.45, 2.75) is 64.3 Å². The summed E-state index contributed by atoms with van der Waals surface area (Å²) in [6.07, 6.45) is 7.01. The lowest BCUT2D eigenvalue weighted by Gasteiger charge is -2.38. The van der Waals surface area contributed by atoms with Crippen LogP contribution in [0, 0.1) is 5.92 Å². The molecule has 1 saturated carbocycles. The Hall–Kier alpha value is -1.15. The Morgan fingerprint density at radius 2 is 1.68 bits per heavy atom. The average molecular weight is 375 g/mol. The van der Waals surface area contributed by atoms with E-state index < -0.39 is 16.0 Å². The third kappa shape index (κ3) is 5.67. The number of aliphatic carboxylic acids is 1. The van der Waals surface area contributed by atoms with Gasteiger partial charge < -0.3 is 10.0 Å². The largest absolute Gasteiger partial charge is 0.480 e. The molecule has 8 heteroatoms. The number of hydrogen-bond donors (Lipinski definition) is 1. The fourth-order valence-electron chi connectivity index (χ4n) is 3.94. The van der Waals surface area contributed by atoms with Gasteiger partial charge in [-0.2, -0.15) is 0 Å². The number of carboxylic acids is 1. The summed E-state index contributed by atoms with van der Waals surface area (Å²) in [6.45, 7) is 2.03. The van der Waals surface area contributed by atoms with E-state index in [0.717, 1.165) is 25.7 Å². The Bertz CT molecular complexity index is 564. The van der Waals surface area contributed by atoms with E-state index in [0.29, 0.717) is 38.3 Å². The number of amides is 1. The molecule has 25 heavy (non-hydrogen) atoms. The highest BCUT2D eigenvalue weighted by atomic mass is 32.2. The van der Waals surface area contributed by atoms with Crippen molar-refractivity contribution in [2.24, 2.45) is 5.92 Å². The molecule has 1 aliphatic carbocycles. The average Bonchev–Trinajstić information content (AvgIpc) is 2.60. The molecule has 0 bridgehead atoms. The molecular formula is C17H30N2O5S. The molecule has 2 aliphatic rings. The first-order valence-electron chi connectivity index (χ1n) is 9.32. The number of rotatable bonds is 7. The predicted molar refractivity (Wildman–Crippen MR) is 94.6 cm³/mol. The standard InChI is InChI=1S/C17H30N2O5S/c1-2-25(23,24)18-10-8-15(9-11-18)19(13-17(21)22)16(20)12-14-6-4-3-5-7-14/h14-15H,2-13H2,1H3,(H,21,22). The second-order valence-electron chi connectivity index (χ2n) is 7.15. The molecule has 0 atom stereocenters. The molecule has 0 spiro atoms. The molecule has 0 aromatic heterocycles. The summed E-state index contributed by atoms with van der Waals surface area (Å²) in [6, 6.07) is -0.185. The molecule has 144 valence electrons. The number of sulfonamides is 1. The molecule has 7 nitrogen and oxygen atoms in total. The molecule has 2 rings (SSSR count). The third-order valence-corrected chi connectivity index (χ3v) is 7.32. The van der Waals surface area contributed by atoms with E-state index in [1.165, 1.54) is 15.6 Å². The maximum absolute atomic E-state index is 12.7. The maximum atomic E-state index is 12.7. The monoisotopic (exact) mass is 374 g/mol. The van der Waals surface area contributed by atoms with Crippen molar-refractivity contribution in [1.82, 2.24) is 9.21 Å². The molecule has 1 amide bonds. The van der Waals surface area contributed by atoms with E-state index in [1.807, 2.05) is 0 Å². The highest BCUT2D eigenvalue weighted by Crippen LogP contribution is 2.28. The highest BCUT2D eigenvalue weighted by molar-refractivity contribution is 7.89. The van der Waals surface area contributed by atoms with Crippen LogP contribution in [0.4, 0.5) is 0 Å². The van der Waals surface area contributed by atoms with Gasteiger partial charge in [-0.3, -0.25) is 9.59 Å². The normalized spacial score (nSPS) is 21.2. The van der Waals surface area contributed by atoms with E-state index in [2.05, 4.69) is 0 Å². The number of carbonyl (C=O) groups is 2. The molecular weight excluding hydrogens is 344 g/mol. The summed E-state index contributed by atoms with van der Waals surface area (Å²) >= 11 is 0. The number of piperidine rings is 1. The van der Waals surface area contributed by atoms with Gasteiger partial charge >= 0.3 is 5.97 Å². The lowest BCUT2D eigenvalue weighted by Crippen LogP contribution is -2.50. The first kappa shape index (κ1) is 20.2. The van der Waals surface area contributed by atoms with Crippen molar-refractivity contribution in [1.29, 1.82) is 0 Å². The quantitative estimate of drug-likeness (QED) is 0.732. The Morgan fingerprint density at radius 1 is 1.08 bits per heavy atom. The van der Waals surface area contributed by atoms with E-state index in [4.69, 9.17) is 0 Å². The van der Waals surface area contributed by atoms with Crippen LogP contribution in [-0.4, -0.2) is 66.0 Å². The first-order valence-corrected chi connectivity index (χ1v) is 10.9. The summed E-state index contributed by atoms with van der Waals surface area (Å²) in [5, 5.41) is 9.19. The minimum absolute atomic E-state index is 0.0666. The van der Waals surface area contributed by atoms with Crippen molar-refractivity contribution in [2.75, 3.05) is 25.4 Å². The van der Waals surface area contributed by atoms with Crippen molar-refractivity contribution in [3.63, 3.8) is 0 Å². The van der Waals surface area contributed by atoms with E-state index in [9.17, 15) is 23.1 Å². The van der Waals surface area contributed by atoms with Crippen molar-refractivity contribution < 1.29 is 23.1 Å². The van der Waals surface area contributed by atoms with Crippen molar-refractivity contribution >= 4 is 21.9 Å². The molecule has 1 N–H and O–H groups in total. The summed E-state index contributed by atoms with van der Waals surface area (Å²) < 4.78 is 25.4. The fraction of sp³-hybridized carbons (Fsp3) is 0.882. The summed E-state index contributed by atoms with van der Waals surface area (Å²) in [7, 11) is -3.22. The predicted octanol–water partition coefficient (Wildman–Crippen LogP) is 1.68. The molecule has 0 aromatic carbocycles. The number of hydrogen-bond acceptors (Lipinski definition) is 4. The molecule has 0 radical (unpaired) electrons. The summed E-state index contributed by atoms with van der Waals surface area (Å²) in [5.74, 6) is -0.679. The molecule has 1 heterocycles. The van der Waals surface area contributed by atoms with Gasteiger partial charge in [0.2, 0.25) is 15.9 Å². The topological polar surface area (TPSA) is 95.0 Å². The zero-order valence-electron chi connectivity index (χ0n) is 15.0. The molecule has 0 unspecified atom stereocenters. The van der Waals surface area contributed by atoms with Crippen LogP contribution < -0.4 is 0 Å². The van der Waals surface area contributed by atoms with Gasteiger partial charge in [0, 0.05) is 25.6 Å². The fourth-order valence-corrected chi connectivity index (χ4v) is 5.07. The van der Waals surface area contributed by atoms with Gasteiger partial charge in [0.15, 0.2) is 0 Å². The molecule has 1 saturated heterocycles.